The molecule has 0 saturated heterocycles. The van der Waals surface area contributed by atoms with E-state index in [2.05, 4.69) is 5.32 Å². The van der Waals surface area contributed by atoms with Gasteiger partial charge in [0.15, 0.2) is 0 Å². The summed E-state index contributed by atoms with van der Waals surface area (Å²) in [4.78, 5) is 26.8. The summed E-state index contributed by atoms with van der Waals surface area (Å²) in [6.07, 6.45) is 1.01. The molecule has 0 aliphatic carbocycles. The average molecular weight is 486 g/mol. The normalized spacial score (nSPS) is 12.2. The molecule has 0 spiro atoms. The number of aryl methyl sites for hydroxylation is 1. The first kappa shape index (κ1) is 25.0. The van der Waals surface area contributed by atoms with Gasteiger partial charge in [-0.15, -0.1) is 0 Å². The number of sulfonamides is 1. The Morgan fingerprint density at radius 1 is 1.10 bits per heavy atom. The Morgan fingerprint density at radius 3 is 2.29 bits per heavy atom. The Labute approximate surface area is 193 Å². The van der Waals surface area contributed by atoms with Crippen molar-refractivity contribution >= 4 is 50.7 Å². The number of anilines is 1. The molecule has 2 rings (SSSR count). The number of carbonyl (C=O) groups excluding carboxylic acids is 2. The van der Waals surface area contributed by atoms with Crippen LogP contribution in [0.3, 0.4) is 0 Å². The summed E-state index contributed by atoms with van der Waals surface area (Å²) in [6, 6.07) is 10.8. The summed E-state index contributed by atoms with van der Waals surface area (Å²) < 4.78 is 25.9. The monoisotopic (exact) mass is 485 g/mol. The van der Waals surface area contributed by atoms with Gasteiger partial charge in [-0.25, -0.2) is 8.42 Å². The fourth-order valence-electron chi connectivity index (χ4n) is 2.95. The lowest BCUT2D eigenvalue weighted by atomic mass is 10.1. The Balaban J connectivity index is 2.42. The highest BCUT2D eigenvalue weighted by Crippen LogP contribution is 2.25. The lowest BCUT2D eigenvalue weighted by Crippen LogP contribution is -2.50. The third-order valence-corrected chi connectivity index (χ3v) is 6.75. The highest BCUT2D eigenvalue weighted by atomic mass is 35.5. The van der Waals surface area contributed by atoms with Gasteiger partial charge in [0, 0.05) is 23.6 Å². The summed E-state index contributed by atoms with van der Waals surface area (Å²) in [5.41, 5.74) is 1.67. The molecule has 0 bridgehead atoms. The molecule has 0 aromatic heterocycles. The van der Waals surface area contributed by atoms with Crippen molar-refractivity contribution in [2.24, 2.45) is 0 Å². The fraction of sp³-hybridized carbons (Fsp3) is 0.333. The zero-order valence-corrected chi connectivity index (χ0v) is 20.1. The molecule has 168 valence electrons. The topological polar surface area (TPSA) is 86.8 Å². The number of amides is 2. The first-order valence-electron chi connectivity index (χ1n) is 9.44. The van der Waals surface area contributed by atoms with Gasteiger partial charge in [-0.3, -0.25) is 13.9 Å². The number of hydrogen-bond donors (Lipinski definition) is 1. The number of benzene rings is 2. The zero-order valence-electron chi connectivity index (χ0n) is 17.7. The van der Waals surface area contributed by atoms with E-state index >= 15 is 0 Å². The number of halogens is 2. The third kappa shape index (κ3) is 6.35. The van der Waals surface area contributed by atoms with Crippen LogP contribution in [0.4, 0.5) is 5.69 Å². The van der Waals surface area contributed by atoms with E-state index in [1.165, 1.54) is 18.0 Å². The van der Waals surface area contributed by atoms with Gasteiger partial charge in [-0.2, -0.15) is 0 Å². The molecule has 2 amide bonds. The Morgan fingerprint density at radius 2 is 1.74 bits per heavy atom. The van der Waals surface area contributed by atoms with Gasteiger partial charge in [-0.1, -0.05) is 47.5 Å². The summed E-state index contributed by atoms with van der Waals surface area (Å²) >= 11 is 12.4. The molecule has 2 aromatic rings. The molecule has 2 aromatic carbocycles. The average Bonchev–Trinajstić information content (AvgIpc) is 2.71. The van der Waals surface area contributed by atoms with Crippen molar-refractivity contribution in [3.63, 3.8) is 0 Å². The maximum absolute atomic E-state index is 13.3. The van der Waals surface area contributed by atoms with Gasteiger partial charge < -0.3 is 10.2 Å². The second kappa shape index (κ2) is 10.3. The van der Waals surface area contributed by atoms with E-state index in [1.54, 1.807) is 50.2 Å². The van der Waals surface area contributed by atoms with Gasteiger partial charge >= 0.3 is 0 Å². The molecule has 0 aliphatic heterocycles. The summed E-state index contributed by atoms with van der Waals surface area (Å²) in [7, 11) is -2.34. The van der Waals surface area contributed by atoms with Crippen molar-refractivity contribution in [3.8, 4) is 0 Å². The molecule has 0 heterocycles. The van der Waals surface area contributed by atoms with Crippen molar-refractivity contribution in [1.82, 2.24) is 10.2 Å². The van der Waals surface area contributed by atoms with Crippen LogP contribution in [0.2, 0.25) is 10.0 Å². The predicted molar refractivity (Wildman–Crippen MR) is 124 cm³/mol. The van der Waals surface area contributed by atoms with Gasteiger partial charge in [0.25, 0.3) is 0 Å². The standard InChI is InChI=1S/C21H25Cl2N3O4S/c1-14-9-10-17(11-19(14)23)26(31(4,29)30)13-20(27)25(15(2)21(28)24-3)12-16-7-5-6-8-18(16)22/h5-11,15H,12-13H2,1-4H3,(H,24,28)/t15-/m0/s1. The minimum Gasteiger partial charge on any atom is -0.357 e. The maximum Gasteiger partial charge on any atom is 0.244 e. The van der Waals surface area contributed by atoms with Crippen LogP contribution in [-0.2, 0) is 26.2 Å². The Kier molecular flexibility index (Phi) is 8.34. The van der Waals surface area contributed by atoms with Crippen molar-refractivity contribution in [1.29, 1.82) is 0 Å². The number of rotatable bonds is 8. The molecular weight excluding hydrogens is 461 g/mol. The van der Waals surface area contributed by atoms with E-state index in [9.17, 15) is 18.0 Å². The molecular formula is C21H25Cl2N3O4S. The predicted octanol–water partition coefficient (Wildman–Crippen LogP) is 3.23. The van der Waals surface area contributed by atoms with Crippen molar-refractivity contribution in [3.05, 3.63) is 63.6 Å². The van der Waals surface area contributed by atoms with Crippen LogP contribution in [0.5, 0.6) is 0 Å². The third-order valence-electron chi connectivity index (χ3n) is 4.83. The number of carbonyl (C=O) groups is 2. The van der Waals surface area contributed by atoms with Crippen LogP contribution in [0, 0.1) is 6.92 Å². The van der Waals surface area contributed by atoms with Crippen LogP contribution in [0.15, 0.2) is 42.5 Å². The smallest absolute Gasteiger partial charge is 0.244 e. The van der Waals surface area contributed by atoms with Crippen molar-refractivity contribution in [2.45, 2.75) is 26.4 Å². The van der Waals surface area contributed by atoms with E-state index < -0.39 is 28.5 Å². The molecule has 1 atom stereocenters. The van der Waals surface area contributed by atoms with E-state index in [-0.39, 0.29) is 18.1 Å². The molecule has 0 saturated carbocycles. The largest absolute Gasteiger partial charge is 0.357 e. The molecule has 0 aliphatic rings. The minimum atomic E-state index is -3.81. The quantitative estimate of drug-likeness (QED) is 0.621. The van der Waals surface area contributed by atoms with Crippen molar-refractivity contribution < 1.29 is 18.0 Å². The summed E-state index contributed by atoms with van der Waals surface area (Å²) in [5.74, 6) is -0.942. The van der Waals surface area contributed by atoms with E-state index in [0.29, 0.717) is 15.6 Å². The number of likely N-dealkylation sites (N-methyl/N-ethyl adjacent to an activating group) is 1. The second-order valence-corrected chi connectivity index (χ2v) is 9.83. The van der Waals surface area contributed by atoms with Crippen molar-refractivity contribution in [2.75, 3.05) is 24.2 Å². The van der Waals surface area contributed by atoms with Gasteiger partial charge in [0.1, 0.15) is 12.6 Å². The minimum absolute atomic E-state index is 0.0410. The zero-order chi connectivity index (χ0) is 23.3. The highest BCUT2D eigenvalue weighted by Gasteiger charge is 2.30. The molecule has 1 N–H and O–H groups in total. The van der Waals surface area contributed by atoms with Crippen LogP contribution < -0.4 is 9.62 Å². The lowest BCUT2D eigenvalue weighted by Gasteiger charge is -2.31. The summed E-state index contributed by atoms with van der Waals surface area (Å²) in [6.45, 7) is 2.91. The van der Waals surface area contributed by atoms with Gasteiger partial charge in [-0.05, 0) is 43.2 Å². The molecule has 10 heteroatoms. The molecule has 0 fully saturated rings. The highest BCUT2D eigenvalue weighted by molar-refractivity contribution is 7.92. The number of nitrogens with one attached hydrogen (secondary N) is 1. The van der Waals surface area contributed by atoms with Crippen LogP contribution >= 0.6 is 23.2 Å². The molecule has 0 unspecified atom stereocenters. The molecule has 7 nitrogen and oxygen atoms in total. The number of hydrogen-bond acceptors (Lipinski definition) is 4. The van der Waals surface area contributed by atoms with Gasteiger partial charge in [0.2, 0.25) is 21.8 Å². The van der Waals surface area contributed by atoms with Crippen LogP contribution in [0.25, 0.3) is 0 Å². The molecule has 31 heavy (non-hydrogen) atoms. The number of nitrogens with zero attached hydrogens (tertiary/aromatic N) is 2. The van der Waals surface area contributed by atoms with E-state index in [4.69, 9.17) is 23.2 Å². The lowest BCUT2D eigenvalue weighted by molar-refractivity contribution is -0.139. The first-order valence-corrected chi connectivity index (χ1v) is 12.0. The summed E-state index contributed by atoms with van der Waals surface area (Å²) in [5, 5.41) is 3.33. The van der Waals surface area contributed by atoms with Crippen LogP contribution in [0.1, 0.15) is 18.1 Å². The maximum atomic E-state index is 13.3. The fourth-order valence-corrected chi connectivity index (χ4v) is 4.16. The van der Waals surface area contributed by atoms with E-state index in [0.717, 1.165) is 16.1 Å². The van der Waals surface area contributed by atoms with Crippen LogP contribution in [-0.4, -0.2) is 51.0 Å². The first-order chi connectivity index (χ1) is 14.5. The van der Waals surface area contributed by atoms with Gasteiger partial charge in [0.05, 0.1) is 11.9 Å². The molecule has 0 radical (unpaired) electrons. The second-order valence-electron chi connectivity index (χ2n) is 7.11. The Bertz CT molecular complexity index is 1080. The Hall–Kier alpha value is -2.29. The van der Waals surface area contributed by atoms with E-state index in [1.807, 2.05) is 0 Å². The SMILES string of the molecule is CNC(=O)[C@H](C)N(Cc1ccccc1Cl)C(=O)CN(c1ccc(C)c(Cl)c1)S(C)(=O)=O.